The summed E-state index contributed by atoms with van der Waals surface area (Å²) < 4.78 is 46.4. The molecule has 152 valence electrons. The predicted molar refractivity (Wildman–Crippen MR) is 101 cm³/mol. The van der Waals surface area contributed by atoms with Gasteiger partial charge < -0.3 is 9.80 Å². The Labute approximate surface area is 166 Å². The molecule has 0 bridgehead atoms. The van der Waals surface area contributed by atoms with Gasteiger partial charge in [-0.3, -0.25) is 4.79 Å². The monoisotopic (exact) mass is 412 g/mol. The quantitative estimate of drug-likeness (QED) is 0.728. The van der Waals surface area contributed by atoms with Crippen LogP contribution in [0.15, 0.2) is 30.5 Å². The van der Waals surface area contributed by atoms with Gasteiger partial charge in [-0.2, -0.15) is 21.9 Å². The number of likely N-dealkylation sites (tertiary alicyclic amines) is 1. The molecule has 1 fully saturated rings. The number of rotatable bonds is 6. The normalized spacial score (nSPS) is 18.2. The lowest BCUT2D eigenvalue weighted by atomic mass is 9.97. The van der Waals surface area contributed by atoms with Gasteiger partial charge in [0.2, 0.25) is 0 Å². The number of carbonyl (C=O) groups excluding carboxylic acids is 1. The van der Waals surface area contributed by atoms with Gasteiger partial charge in [-0.15, -0.1) is 0 Å². The number of amides is 1. The smallest absolute Gasteiger partial charge is 0.340 e. The van der Waals surface area contributed by atoms with E-state index in [2.05, 4.69) is 13.6 Å². The van der Waals surface area contributed by atoms with Gasteiger partial charge in [0.05, 0.1) is 23.5 Å². The largest absolute Gasteiger partial charge is 0.416 e. The SMILES string of the molecule is CN(C[C@@H]1CCCN(CCc2cccc(C(F)(F)F)c2)C1)C(=O)c1cnsn1. The van der Waals surface area contributed by atoms with Crippen LogP contribution in [-0.2, 0) is 12.6 Å². The number of aromatic nitrogens is 2. The van der Waals surface area contributed by atoms with Crippen molar-refractivity contribution in [3.05, 3.63) is 47.3 Å². The van der Waals surface area contributed by atoms with Gasteiger partial charge in [-0.1, -0.05) is 18.2 Å². The van der Waals surface area contributed by atoms with E-state index in [4.69, 9.17) is 0 Å². The van der Waals surface area contributed by atoms with Crippen LogP contribution in [0, 0.1) is 5.92 Å². The number of benzene rings is 1. The number of hydrogen-bond donors (Lipinski definition) is 0. The minimum absolute atomic E-state index is 0.130. The number of hydrogen-bond acceptors (Lipinski definition) is 5. The van der Waals surface area contributed by atoms with Gasteiger partial charge in [-0.25, -0.2) is 0 Å². The Balaban J connectivity index is 1.50. The summed E-state index contributed by atoms with van der Waals surface area (Å²) in [5, 5.41) is 0. The van der Waals surface area contributed by atoms with Crippen molar-refractivity contribution >= 4 is 17.6 Å². The highest BCUT2D eigenvalue weighted by molar-refractivity contribution is 6.99. The van der Waals surface area contributed by atoms with Crippen LogP contribution in [0.2, 0.25) is 0 Å². The molecular weight excluding hydrogens is 389 g/mol. The molecule has 0 saturated carbocycles. The van der Waals surface area contributed by atoms with E-state index in [0.717, 1.165) is 43.7 Å². The van der Waals surface area contributed by atoms with Crippen LogP contribution < -0.4 is 0 Å². The third kappa shape index (κ3) is 5.51. The van der Waals surface area contributed by atoms with E-state index < -0.39 is 11.7 Å². The molecule has 1 atom stereocenters. The first kappa shape index (κ1) is 20.7. The molecule has 0 spiro atoms. The first-order chi connectivity index (χ1) is 13.3. The average molecular weight is 412 g/mol. The van der Waals surface area contributed by atoms with E-state index in [9.17, 15) is 18.0 Å². The Kier molecular flexibility index (Phi) is 6.66. The summed E-state index contributed by atoms with van der Waals surface area (Å²) in [7, 11) is 1.77. The lowest BCUT2D eigenvalue weighted by Gasteiger charge is -2.34. The van der Waals surface area contributed by atoms with Gasteiger partial charge >= 0.3 is 6.18 Å². The minimum atomic E-state index is -4.31. The highest BCUT2D eigenvalue weighted by atomic mass is 32.1. The van der Waals surface area contributed by atoms with Crippen LogP contribution in [0.25, 0.3) is 0 Å². The van der Waals surface area contributed by atoms with Gasteiger partial charge in [0.25, 0.3) is 5.91 Å². The zero-order chi connectivity index (χ0) is 20.1. The molecule has 5 nitrogen and oxygen atoms in total. The van der Waals surface area contributed by atoms with Gasteiger partial charge in [0.1, 0.15) is 0 Å². The topological polar surface area (TPSA) is 49.3 Å². The molecule has 0 aliphatic carbocycles. The summed E-state index contributed by atoms with van der Waals surface area (Å²) >= 11 is 1.01. The van der Waals surface area contributed by atoms with Gasteiger partial charge in [-0.05, 0) is 43.4 Å². The van der Waals surface area contributed by atoms with Crippen LogP contribution in [0.4, 0.5) is 13.2 Å². The summed E-state index contributed by atoms with van der Waals surface area (Å²) in [5.41, 5.74) is 0.461. The van der Waals surface area contributed by atoms with Gasteiger partial charge in [0, 0.05) is 26.7 Å². The highest BCUT2D eigenvalue weighted by Gasteiger charge is 2.30. The Bertz CT molecular complexity index is 782. The minimum Gasteiger partial charge on any atom is -0.340 e. The van der Waals surface area contributed by atoms with Crippen LogP contribution in [0.1, 0.15) is 34.5 Å². The van der Waals surface area contributed by atoms with E-state index in [-0.39, 0.29) is 5.91 Å². The fourth-order valence-electron chi connectivity index (χ4n) is 3.62. The standard InChI is InChI=1S/C19H23F3N4OS/c1-25(18(27)17-11-23-28-24-17)12-15-5-3-8-26(13-15)9-7-14-4-2-6-16(10-14)19(20,21)22/h2,4,6,10-11,15H,3,5,7-9,12-13H2,1H3/t15-/m0/s1. The van der Waals surface area contributed by atoms with Crippen LogP contribution in [0.3, 0.4) is 0 Å². The number of alkyl halides is 3. The molecule has 1 aromatic carbocycles. The van der Waals surface area contributed by atoms with Crippen molar-refractivity contribution in [2.24, 2.45) is 5.92 Å². The van der Waals surface area contributed by atoms with Crippen molar-refractivity contribution in [1.29, 1.82) is 0 Å². The summed E-state index contributed by atoms with van der Waals surface area (Å²) in [4.78, 5) is 16.3. The maximum atomic E-state index is 12.9. The second kappa shape index (κ2) is 9.00. The number of piperidine rings is 1. The van der Waals surface area contributed by atoms with Crippen LogP contribution >= 0.6 is 11.7 Å². The van der Waals surface area contributed by atoms with Crippen molar-refractivity contribution in [3.63, 3.8) is 0 Å². The lowest BCUT2D eigenvalue weighted by molar-refractivity contribution is -0.137. The number of carbonyl (C=O) groups is 1. The summed E-state index contributed by atoms with van der Waals surface area (Å²) in [6.45, 7) is 3.12. The zero-order valence-electron chi connectivity index (χ0n) is 15.7. The first-order valence-corrected chi connectivity index (χ1v) is 9.97. The Morgan fingerprint density at radius 3 is 2.93 bits per heavy atom. The Hall–Kier alpha value is -2.00. The number of halogens is 3. The molecular formula is C19H23F3N4OS. The average Bonchev–Trinajstić information content (AvgIpc) is 3.20. The number of nitrogens with zero attached hydrogens (tertiary/aromatic N) is 4. The van der Waals surface area contributed by atoms with Crippen molar-refractivity contribution in [2.75, 3.05) is 33.2 Å². The Morgan fingerprint density at radius 1 is 1.39 bits per heavy atom. The third-order valence-electron chi connectivity index (χ3n) is 5.03. The fraction of sp³-hybridized carbons (Fsp3) is 0.526. The molecule has 28 heavy (non-hydrogen) atoms. The Morgan fingerprint density at radius 2 is 2.21 bits per heavy atom. The lowest BCUT2D eigenvalue weighted by Crippen LogP contribution is -2.42. The molecule has 2 heterocycles. The van der Waals surface area contributed by atoms with Crippen LogP contribution in [0.5, 0.6) is 0 Å². The van der Waals surface area contributed by atoms with Crippen LogP contribution in [-0.4, -0.2) is 57.7 Å². The summed E-state index contributed by atoms with van der Waals surface area (Å²) in [5.74, 6) is 0.214. The predicted octanol–water partition coefficient (Wildman–Crippen LogP) is 3.58. The second-order valence-electron chi connectivity index (χ2n) is 7.24. The third-order valence-corrected chi connectivity index (χ3v) is 5.51. The van der Waals surface area contributed by atoms with Crippen molar-refractivity contribution in [2.45, 2.75) is 25.4 Å². The van der Waals surface area contributed by atoms with E-state index in [1.807, 2.05) is 0 Å². The molecule has 3 rings (SSSR count). The molecule has 0 radical (unpaired) electrons. The molecule has 1 aliphatic rings. The first-order valence-electron chi connectivity index (χ1n) is 9.24. The molecule has 1 aliphatic heterocycles. The molecule has 1 saturated heterocycles. The maximum absolute atomic E-state index is 12.9. The fourth-order valence-corrected chi connectivity index (χ4v) is 4.03. The van der Waals surface area contributed by atoms with Crippen molar-refractivity contribution in [3.8, 4) is 0 Å². The summed E-state index contributed by atoms with van der Waals surface area (Å²) in [6, 6.07) is 5.54. The maximum Gasteiger partial charge on any atom is 0.416 e. The molecule has 1 aromatic heterocycles. The van der Waals surface area contributed by atoms with E-state index in [1.54, 1.807) is 18.0 Å². The second-order valence-corrected chi connectivity index (χ2v) is 7.79. The van der Waals surface area contributed by atoms with E-state index >= 15 is 0 Å². The van der Waals surface area contributed by atoms with Gasteiger partial charge in [0.15, 0.2) is 5.69 Å². The molecule has 9 heteroatoms. The van der Waals surface area contributed by atoms with Crippen molar-refractivity contribution in [1.82, 2.24) is 18.5 Å². The molecule has 1 amide bonds. The molecule has 0 N–H and O–H groups in total. The van der Waals surface area contributed by atoms with E-state index in [1.165, 1.54) is 18.3 Å². The molecule has 2 aromatic rings. The zero-order valence-corrected chi connectivity index (χ0v) is 16.5. The van der Waals surface area contributed by atoms with Crippen molar-refractivity contribution < 1.29 is 18.0 Å². The van der Waals surface area contributed by atoms with E-state index in [0.29, 0.717) is 36.7 Å². The summed E-state index contributed by atoms with van der Waals surface area (Å²) in [6.07, 6.45) is -0.196. The molecule has 0 unspecified atom stereocenters. The highest BCUT2D eigenvalue weighted by Crippen LogP contribution is 2.29.